The summed E-state index contributed by atoms with van der Waals surface area (Å²) in [6.45, 7) is 7.36. The topological polar surface area (TPSA) is 88.2 Å². The molecule has 0 bridgehead atoms. The maximum atomic E-state index is 13.2. The van der Waals surface area contributed by atoms with E-state index in [1.165, 1.54) is 32.4 Å². The lowest BCUT2D eigenvalue weighted by atomic mass is 10.0. The van der Waals surface area contributed by atoms with Crippen molar-refractivity contribution in [3.05, 3.63) is 53.1 Å². The van der Waals surface area contributed by atoms with Crippen LogP contribution in [0.5, 0.6) is 5.75 Å². The Morgan fingerprint density at radius 3 is 2.42 bits per heavy atom. The lowest BCUT2D eigenvalue weighted by molar-refractivity contribution is -0.00923. The third kappa shape index (κ3) is 5.78. The Morgan fingerprint density at radius 2 is 1.82 bits per heavy atom. The van der Waals surface area contributed by atoms with Crippen LogP contribution in [0.15, 0.2) is 47.4 Å². The minimum atomic E-state index is -3.91. The van der Waals surface area contributed by atoms with Gasteiger partial charge in [-0.15, -0.1) is 0 Å². The first-order chi connectivity index (χ1) is 15.6. The molecule has 1 N–H and O–H groups in total. The molecule has 10 heteroatoms. The Labute approximate surface area is 200 Å². The highest BCUT2D eigenvalue weighted by molar-refractivity contribution is 7.92. The molecule has 0 atom stereocenters. The van der Waals surface area contributed by atoms with Crippen molar-refractivity contribution < 1.29 is 22.7 Å². The van der Waals surface area contributed by atoms with E-state index in [1.807, 2.05) is 13.8 Å². The average molecular weight is 496 g/mol. The normalized spacial score (nSPS) is 15.2. The number of sulfonamides is 1. The molecule has 3 rings (SSSR count). The van der Waals surface area contributed by atoms with E-state index in [4.69, 9.17) is 21.1 Å². The van der Waals surface area contributed by atoms with Crippen LogP contribution in [-0.2, 0) is 14.8 Å². The van der Waals surface area contributed by atoms with Gasteiger partial charge in [0.15, 0.2) is 0 Å². The second-order valence-corrected chi connectivity index (χ2v) is 10.8. The van der Waals surface area contributed by atoms with Crippen molar-refractivity contribution in [2.75, 3.05) is 51.3 Å². The van der Waals surface area contributed by atoms with E-state index < -0.39 is 15.9 Å². The number of anilines is 1. The summed E-state index contributed by atoms with van der Waals surface area (Å²) in [7, 11) is -0.919. The molecule has 0 spiro atoms. The molecule has 1 saturated heterocycles. The maximum absolute atomic E-state index is 13.2. The number of ether oxygens (including phenoxy) is 2. The monoisotopic (exact) mass is 495 g/mol. The standard InChI is InChI=1S/C23H30ClN3O5S/c1-23(2,27-11-13-32-14-12-27)16-25-22(28)20-15-19(9-10-21(20)24)33(29,30)26(3)17-5-7-18(31-4)8-6-17/h5-10,15H,11-14,16H2,1-4H3,(H,25,28). The first-order valence-corrected chi connectivity index (χ1v) is 12.4. The zero-order valence-corrected chi connectivity index (χ0v) is 20.9. The second-order valence-electron chi connectivity index (χ2n) is 8.41. The number of hydrogen-bond acceptors (Lipinski definition) is 6. The van der Waals surface area contributed by atoms with Gasteiger partial charge in [0.2, 0.25) is 0 Å². The predicted molar refractivity (Wildman–Crippen MR) is 129 cm³/mol. The summed E-state index contributed by atoms with van der Waals surface area (Å²) >= 11 is 6.26. The molecule has 0 aromatic heterocycles. The van der Waals surface area contributed by atoms with Gasteiger partial charge in [0.1, 0.15) is 5.75 Å². The zero-order chi connectivity index (χ0) is 24.2. The van der Waals surface area contributed by atoms with E-state index in [-0.39, 0.29) is 21.0 Å². The van der Waals surface area contributed by atoms with Gasteiger partial charge < -0.3 is 14.8 Å². The number of nitrogens with zero attached hydrogens (tertiary/aromatic N) is 2. The van der Waals surface area contributed by atoms with Gasteiger partial charge in [0.05, 0.1) is 41.5 Å². The second kappa shape index (κ2) is 10.3. The zero-order valence-electron chi connectivity index (χ0n) is 19.3. The van der Waals surface area contributed by atoms with Gasteiger partial charge in [-0.05, 0) is 56.3 Å². The number of rotatable bonds is 8. The number of halogens is 1. The van der Waals surface area contributed by atoms with E-state index >= 15 is 0 Å². The van der Waals surface area contributed by atoms with Crippen molar-refractivity contribution >= 4 is 33.2 Å². The Hall–Kier alpha value is -2.33. The number of methoxy groups -OCH3 is 1. The van der Waals surface area contributed by atoms with Crippen LogP contribution in [0.3, 0.4) is 0 Å². The fourth-order valence-electron chi connectivity index (χ4n) is 3.60. The van der Waals surface area contributed by atoms with E-state index in [2.05, 4.69) is 10.2 Å². The summed E-state index contributed by atoms with van der Waals surface area (Å²) in [5, 5.41) is 3.08. The number of hydrogen-bond donors (Lipinski definition) is 1. The SMILES string of the molecule is COc1ccc(N(C)S(=O)(=O)c2ccc(Cl)c(C(=O)NCC(C)(C)N3CCOCC3)c2)cc1. The summed E-state index contributed by atoms with van der Waals surface area (Å²) in [6.07, 6.45) is 0. The van der Waals surface area contributed by atoms with Crippen molar-refractivity contribution in [2.24, 2.45) is 0 Å². The fourth-order valence-corrected chi connectivity index (χ4v) is 5.03. The van der Waals surface area contributed by atoms with E-state index in [0.717, 1.165) is 17.4 Å². The van der Waals surface area contributed by atoms with Crippen LogP contribution in [0.2, 0.25) is 5.02 Å². The Kier molecular flexibility index (Phi) is 7.89. The molecule has 0 saturated carbocycles. The predicted octanol–water partition coefficient (Wildman–Crippen LogP) is 3.01. The van der Waals surface area contributed by atoms with Gasteiger partial charge in [-0.1, -0.05) is 11.6 Å². The Morgan fingerprint density at radius 1 is 1.18 bits per heavy atom. The van der Waals surface area contributed by atoms with Gasteiger partial charge in [0, 0.05) is 32.2 Å². The lowest BCUT2D eigenvalue weighted by Gasteiger charge is -2.40. The molecular weight excluding hydrogens is 466 g/mol. The van der Waals surface area contributed by atoms with Crippen molar-refractivity contribution in [1.82, 2.24) is 10.2 Å². The van der Waals surface area contributed by atoms with E-state index in [9.17, 15) is 13.2 Å². The number of morpholine rings is 1. The molecule has 1 aliphatic rings. The summed E-state index contributed by atoms with van der Waals surface area (Å²) in [5.74, 6) is 0.195. The van der Waals surface area contributed by atoms with Crippen molar-refractivity contribution in [3.8, 4) is 5.75 Å². The van der Waals surface area contributed by atoms with Crippen LogP contribution < -0.4 is 14.4 Å². The van der Waals surface area contributed by atoms with Crippen LogP contribution in [0.4, 0.5) is 5.69 Å². The first kappa shape index (κ1) is 25.3. The fraction of sp³-hybridized carbons (Fsp3) is 0.435. The summed E-state index contributed by atoms with van der Waals surface area (Å²) < 4.78 is 38.1. The molecule has 8 nitrogen and oxygen atoms in total. The lowest BCUT2D eigenvalue weighted by Crippen LogP contribution is -2.55. The van der Waals surface area contributed by atoms with Gasteiger partial charge in [-0.2, -0.15) is 0 Å². The molecule has 1 amide bonds. The smallest absolute Gasteiger partial charge is 0.264 e. The van der Waals surface area contributed by atoms with Gasteiger partial charge in [0.25, 0.3) is 15.9 Å². The minimum absolute atomic E-state index is 0.0252. The molecule has 0 radical (unpaired) electrons. The average Bonchev–Trinajstić information content (AvgIpc) is 2.83. The summed E-state index contributed by atoms with van der Waals surface area (Å²) in [6, 6.07) is 10.8. The Bertz CT molecular complexity index is 1080. The highest BCUT2D eigenvalue weighted by Gasteiger charge is 2.29. The molecule has 2 aromatic carbocycles. The number of benzene rings is 2. The van der Waals surface area contributed by atoms with Crippen LogP contribution in [0.25, 0.3) is 0 Å². The highest BCUT2D eigenvalue weighted by atomic mass is 35.5. The van der Waals surface area contributed by atoms with Crippen LogP contribution in [0, 0.1) is 0 Å². The van der Waals surface area contributed by atoms with Crippen molar-refractivity contribution in [1.29, 1.82) is 0 Å². The van der Waals surface area contributed by atoms with E-state index in [1.54, 1.807) is 24.3 Å². The molecule has 2 aromatic rings. The quantitative estimate of drug-likeness (QED) is 0.605. The Balaban J connectivity index is 1.78. The maximum Gasteiger partial charge on any atom is 0.264 e. The molecule has 33 heavy (non-hydrogen) atoms. The van der Waals surface area contributed by atoms with Crippen molar-refractivity contribution in [3.63, 3.8) is 0 Å². The molecule has 1 heterocycles. The molecule has 1 aliphatic heterocycles. The van der Waals surface area contributed by atoms with Gasteiger partial charge >= 0.3 is 0 Å². The molecular formula is C23H30ClN3O5S. The highest BCUT2D eigenvalue weighted by Crippen LogP contribution is 2.27. The largest absolute Gasteiger partial charge is 0.497 e. The molecule has 180 valence electrons. The first-order valence-electron chi connectivity index (χ1n) is 10.6. The van der Waals surface area contributed by atoms with Crippen LogP contribution in [-0.4, -0.2) is 71.8 Å². The number of carbonyl (C=O) groups excluding carboxylic acids is 1. The number of amides is 1. The van der Waals surface area contributed by atoms with Crippen LogP contribution in [0.1, 0.15) is 24.2 Å². The summed E-state index contributed by atoms with van der Waals surface area (Å²) in [4.78, 5) is 15.2. The van der Waals surface area contributed by atoms with Crippen molar-refractivity contribution in [2.45, 2.75) is 24.3 Å². The summed E-state index contributed by atoms with van der Waals surface area (Å²) in [5.41, 5.74) is 0.284. The third-order valence-electron chi connectivity index (χ3n) is 5.83. The minimum Gasteiger partial charge on any atom is -0.497 e. The molecule has 1 fully saturated rings. The number of nitrogens with one attached hydrogen (secondary N) is 1. The van der Waals surface area contributed by atoms with Gasteiger partial charge in [-0.3, -0.25) is 14.0 Å². The van der Waals surface area contributed by atoms with Crippen LogP contribution >= 0.6 is 11.6 Å². The molecule has 0 unspecified atom stereocenters. The third-order valence-corrected chi connectivity index (χ3v) is 7.94. The van der Waals surface area contributed by atoms with E-state index in [0.29, 0.717) is 31.2 Å². The molecule has 0 aliphatic carbocycles. The van der Waals surface area contributed by atoms with Gasteiger partial charge in [-0.25, -0.2) is 8.42 Å². The number of carbonyl (C=O) groups is 1.